The van der Waals surface area contributed by atoms with E-state index in [1.165, 1.54) is 6.07 Å². The Balaban J connectivity index is 3.27. The number of carbonyl (C=O) groups is 1. The van der Waals surface area contributed by atoms with Gasteiger partial charge in [-0.3, -0.25) is 9.59 Å². The lowest BCUT2D eigenvalue weighted by atomic mass is 9.85. The van der Waals surface area contributed by atoms with Crippen molar-refractivity contribution in [3.63, 3.8) is 0 Å². The molecule has 0 radical (unpaired) electrons. The first-order valence-corrected chi connectivity index (χ1v) is 5.23. The van der Waals surface area contributed by atoms with Gasteiger partial charge in [0.2, 0.25) is 0 Å². The van der Waals surface area contributed by atoms with Crippen molar-refractivity contribution in [3.05, 3.63) is 34.2 Å². The second-order valence-electron chi connectivity index (χ2n) is 4.68. The molecular weight excluding hydrogens is 206 g/mol. The van der Waals surface area contributed by atoms with Crippen LogP contribution in [0.2, 0.25) is 0 Å². The number of pyridine rings is 1. The molecule has 0 spiro atoms. The summed E-state index contributed by atoms with van der Waals surface area (Å²) in [6.07, 6.45) is 1.65. The van der Waals surface area contributed by atoms with Crippen molar-refractivity contribution < 1.29 is 9.90 Å². The van der Waals surface area contributed by atoms with E-state index in [0.29, 0.717) is 5.56 Å². The lowest BCUT2D eigenvalue weighted by Gasteiger charge is -2.20. The third kappa shape index (κ3) is 2.15. The summed E-state index contributed by atoms with van der Waals surface area (Å²) in [6.45, 7) is 6.99. The largest absolute Gasteiger partial charge is 0.481 e. The Morgan fingerprint density at radius 1 is 1.44 bits per heavy atom. The Kier molecular flexibility index (Phi) is 3.21. The first-order valence-electron chi connectivity index (χ1n) is 5.23. The summed E-state index contributed by atoms with van der Waals surface area (Å²) >= 11 is 0. The van der Waals surface area contributed by atoms with Crippen molar-refractivity contribution in [2.45, 2.75) is 39.2 Å². The predicted octanol–water partition coefficient (Wildman–Crippen LogP) is 1.79. The fourth-order valence-electron chi connectivity index (χ4n) is 1.43. The highest BCUT2D eigenvalue weighted by Crippen LogP contribution is 2.22. The van der Waals surface area contributed by atoms with E-state index in [-0.39, 0.29) is 11.6 Å². The molecule has 0 unspecified atom stereocenters. The first-order chi connectivity index (χ1) is 7.26. The normalized spacial score (nSPS) is 11.8. The Bertz CT molecular complexity index is 458. The quantitative estimate of drug-likeness (QED) is 0.849. The monoisotopic (exact) mass is 223 g/mol. The summed E-state index contributed by atoms with van der Waals surface area (Å²) in [6, 6.07) is 3.17. The molecule has 4 nitrogen and oxygen atoms in total. The van der Waals surface area contributed by atoms with Crippen LogP contribution in [0, 0.1) is 0 Å². The van der Waals surface area contributed by atoms with Crippen LogP contribution in [0.25, 0.3) is 0 Å². The Morgan fingerprint density at radius 2 is 2.00 bits per heavy atom. The summed E-state index contributed by atoms with van der Waals surface area (Å²) in [5, 5.41) is 9.06. The molecular formula is C12H17NO3. The molecule has 0 saturated heterocycles. The second-order valence-corrected chi connectivity index (χ2v) is 4.68. The van der Waals surface area contributed by atoms with E-state index >= 15 is 0 Å². The van der Waals surface area contributed by atoms with Crippen LogP contribution in [-0.4, -0.2) is 15.6 Å². The van der Waals surface area contributed by atoms with E-state index in [4.69, 9.17) is 5.11 Å². The van der Waals surface area contributed by atoms with Gasteiger partial charge in [0.05, 0.1) is 5.41 Å². The van der Waals surface area contributed by atoms with Gasteiger partial charge in [0.1, 0.15) is 0 Å². The number of rotatable bonds is 3. The number of carboxylic acid groups (broad SMARTS) is 1. The molecule has 0 amide bonds. The molecule has 1 aromatic heterocycles. The zero-order valence-electron chi connectivity index (χ0n) is 10.0. The van der Waals surface area contributed by atoms with Crippen LogP contribution in [0.3, 0.4) is 0 Å². The van der Waals surface area contributed by atoms with Gasteiger partial charge in [0.15, 0.2) is 0 Å². The van der Waals surface area contributed by atoms with Crippen LogP contribution in [0.5, 0.6) is 0 Å². The Morgan fingerprint density at radius 3 is 2.38 bits per heavy atom. The molecule has 4 heteroatoms. The van der Waals surface area contributed by atoms with Crippen molar-refractivity contribution in [1.82, 2.24) is 4.57 Å². The number of carboxylic acids is 1. The van der Waals surface area contributed by atoms with Crippen molar-refractivity contribution in [1.29, 1.82) is 0 Å². The van der Waals surface area contributed by atoms with Crippen molar-refractivity contribution in [2.24, 2.45) is 0 Å². The Labute approximate surface area is 94.5 Å². The molecule has 1 rings (SSSR count). The first kappa shape index (κ1) is 12.5. The molecule has 1 heterocycles. The molecule has 0 aliphatic rings. The molecule has 0 fully saturated rings. The van der Waals surface area contributed by atoms with Gasteiger partial charge in [-0.15, -0.1) is 0 Å². The molecule has 16 heavy (non-hydrogen) atoms. The lowest BCUT2D eigenvalue weighted by Crippen LogP contribution is -2.31. The smallest absolute Gasteiger partial charge is 0.313 e. The van der Waals surface area contributed by atoms with Gasteiger partial charge in [-0.1, -0.05) is 0 Å². The summed E-state index contributed by atoms with van der Waals surface area (Å²) in [5.41, 5.74) is -0.668. The summed E-state index contributed by atoms with van der Waals surface area (Å²) < 4.78 is 1.57. The third-order valence-corrected chi connectivity index (χ3v) is 2.76. The highest BCUT2D eigenvalue weighted by atomic mass is 16.4. The number of aliphatic carboxylic acids is 1. The summed E-state index contributed by atoms with van der Waals surface area (Å²) in [5.74, 6) is -0.936. The number of hydrogen-bond acceptors (Lipinski definition) is 2. The molecule has 88 valence electrons. The Hall–Kier alpha value is -1.58. The molecule has 0 aromatic carbocycles. The van der Waals surface area contributed by atoms with Gasteiger partial charge in [0, 0.05) is 18.3 Å². The molecule has 0 atom stereocenters. The minimum absolute atomic E-state index is 0.0782. The zero-order chi connectivity index (χ0) is 12.5. The van der Waals surface area contributed by atoms with E-state index < -0.39 is 11.4 Å². The fraction of sp³-hybridized carbons (Fsp3) is 0.500. The van der Waals surface area contributed by atoms with Crippen LogP contribution >= 0.6 is 0 Å². The topological polar surface area (TPSA) is 59.3 Å². The highest BCUT2D eigenvalue weighted by Gasteiger charge is 2.29. The van der Waals surface area contributed by atoms with Crippen LogP contribution in [0.1, 0.15) is 39.3 Å². The van der Waals surface area contributed by atoms with E-state index in [0.717, 1.165) is 0 Å². The maximum Gasteiger partial charge on any atom is 0.313 e. The number of nitrogens with zero attached hydrogens (tertiary/aromatic N) is 1. The zero-order valence-corrected chi connectivity index (χ0v) is 10.0. The van der Waals surface area contributed by atoms with Gasteiger partial charge in [-0.25, -0.2) is 0 Å². The van der Waals surface area contributed by atoms with Crippen LogP contribution in [-0.2, 0) is 10.2 Å². The average molecular weight is 223 g/mol. The van der Waals surface area contributed by atoms with E-state index in [1.54, 1.807) is 30.7 Å². The number of hydrogen-bond donors (Lipinski definition) is 1. The predicted molar refractivity (Wildman–Crippen MR) is 61.7 cm³/mol. The van der Waals surface area contributed by atoms with E-state index in [1.807, 2.05) is 13.8 Å². The standard InChI is InChI=1S/C12H17NO3/c1-8(2)13-6-5-9(7-10(13)14)12(3,4)11(15)16/h5-8H,1-4H3,(H,15,16). The fourth-order valence-corrected chi connectivity index (χ4v) is 1.43. The highest BCUT2D eigenvalue weighted by molar-refractivity contribution is 5.80. The SMILES string of the molecule is CC(C)n1ccc(C(C)(C)C(=O)O)cc1=O. The van der Waals surface area contributed by atoms with Gasteiger partial charge in [0.25, 0.3) is 5.56 Å². The maximum absolute atomic E-state index is 11.7. The van der Waals surface area contributed by atoms with Crippen molar-refractivity contribution in [3.8, 4) is 0 Å². The van der Waals surface area contributed by atoms with Crippen LogP contribution in [0.4, 0.5) is 0 Å². The van der Waals surface area contributed by atoms with Gasteiger partial charge < -0.3 is 9.67 Å². The third-order valence-electron chi connectivity index (χ3n) is 2.76. The lowest BCUT2D eigenvalue weighted by molar-refractivity contribution is -0.142. The van der Waals surface area contributed by atoms with Gasteiger partial charge in [-0.2, -0.15) is 0 Å². The summed E-state index contributed by atoms with van der Waals surface area (Å²) in [7, 11) is 0. The minimum Gasteiger partial charge on any atom is -0.481 e. The van der Waals surface area contributed by atoms with Gasteiger partial charge in [-0.05, 0) is 39.3 Å². The van der Waals surface area contributed by atoms with E-state index in [9.17, 15) is 9.59 Å². The minimum atomic E-state index is -1.03. The molecule has 1 aromatic rings. The summed E-state index contributed by atoms with van der Waals surface area (Å²) in [4.78, 5) is 22.8. The molecule has 0 bridgehead atoms. The van der Waals surface area contributed by atoms with E-state index in [2.05, 4.69) is 0 Å². The van der Waals surface area contributed by atoms with Crippen LogP contribution in [0.15, 0.2) is 23.1 Å². The molecule has 0 aliphatic heterocycles. The molecule has 0 aliphatic carbocycles. The number of aromatic nitrogens is 1. The molecule has 0 saturated carbocycles. The maximum atomic E-state index is 11.7. The van der Waals surface area contributed by atoms with Crippen LogP contribution < -0.4 is 5.56 Å². The van der Waals surface area contributed by atoms with Gasteiger partial charge >= 0.3 is 5.97 Å². The average Bonchev–Trinajstić information content (AvgIpc) is 2.16. The van der Waals surface area contributed by atoms with Crippen molar-refractivity contribution in [2.75, 3.05) is 0 Å². The second kappa shape index (κ2) is 4.12. The van der Waals surface area contributed by atoms with Crippen molar-refractivity contribution >= 4 is 5.97 Å². The molecule has 1 N–H and O–H groups in total.